The SMILES string of the molecule is C=CC(C)C1=NCC(CC)(CC)C=N1. The minimum Gasteiger partial charge on any atom is -0.269 e. The molecule has 14 heavy (non-hydrogen) atoms. The van der Waals surface area contributed by atoms with Crippen molar-refractivity contribution in [3.05, 3.63) is 12.7 Å². The smallest absolute Gasteiger partial charge is 0.129 e. The maximum Gasteiger partial charge on any atom is 0.129 e. The van der Waals surface area contributed by atoms with Crippen LogP contribution in [0.2, 0.25) is 0 Å². The molecule has 0 bridgehead atoms. The van der Waals surface area contributed by atoms with Crippen LogP contribution in [0.25, 0.3) is 0 Å². The molecule has 1 rings (SSSR count). The molecule has 0 fully saturated rings. The van der Waals surface area contributed by atoms with Crippen LogP contribution in [0, 0.1) is 11.3 Å². The van der Waals surface area contributed by atoms with Crippen LogP contribution in [0.4, 0.5) is 0 Å². The van der Waals surface area contributed by atoms with Crippen molar-refractivity contribution in [2.75, 3.05) is 6.54 Å². The van der Waals surface area contributed by atoms with E-state index in [1.807, 2.05) is 6.08 Å². The number of aliphatic imine (C=N–C) groups is 2. The molecule has 0 aliphatic carbocycles. The van der Waals surface area contributed by atoms with Crippen molar-refractivity contribution in [2.24, 2.45) is 21.3 Å². The molecule has 0 spiro atoms. The zero-order valence-corrected chi connectivity index (χ0v) is 9.45. The second-order valence-corrected chi connectivity index (χ2v) is 4.03. The fourth-order valence-corrected chi connectivity index (χ4v) is 1.55. The van der Waals surface area contributed by atoms with E-state index < -0.39 is 0 Å². The molecule has 1 unspecified atom stereocenters. The number of rotatable bonds is 4. The molecule has 0 aromatic carbocycles. The average Bonchev–Trinajstić information content (AvgIpc) is 2.28. The van der Waals surface area contributed by atoms with Gasteiger partial charge in [-0.05, 0) is 12.8 Å². The van der Waals surface area contributed by atoms with Gasteiger partial charge in [0.25, 0.3) is 0 Å². The predicted octanol–water partition coefficient (Wildman–Crippen LogP) is 3.10. The Morgan fingerprint density at radius 2 is 2.21 bits per heavy atom. The first kappa shape index (κ1) is 11.2. The van der Waals surface area contributed by atoms with E-state index in [9.17, 15) is 0 Å². The van der Waals surface area contributed by atoms with E-state index in [1.54, 1.807) is 0 Å². The Labute approximate surface area is 86.8 Å². The fraction of sp³-hybridized carbons (Fsp3) is 0.667. The maximum atomic E-state index is 4.54. The van der Waals surface area contributed by atoms with E-state index in [1.165, 1.54) is 0 Å². The van der Waals surface area contributed by atoms with Crippen LogP contribution in [-0.2, 0) is 0 Å². The fourth-order valence-electron chi connectivity index (χ4n) is 1.55. The van der Waals surface area contributed by atoms with Gasteiger partial charge in [-0.1, -0.05) is 26.8 Å². The molecular formula is C12H20N2. The van der Waals surface area contributed by atoms with Crippen LogP contribution in [0.15, 0.2) is 22.6 Å². The first-order valence-electron chi connectivity index (χ1n) is 5.39. The minimum atomic E-state index is 0.213. The van der Waals surface area contributed by atoms with E-state index in [4.69, 9.17) is 0 Å². The van der Waals surface area contributed by atoms with Gasteiger partial charge in [0.2, 0.25) is 0 Å². The normalized spacial score (nSPS) is 21.5. The number of hydrogen-bond acceptors (Lipinski definition) is 2. The van der Waals surface area contributed by atoms with E-state index in [2.05, 4.69) is 43.5 Å². The van der Waals surface area contributed by atoms with Crippen LogP contribution in [0.5, 0.6) is 0 Å². The molecule has 0 aromatic heterocycles. The monoisotopic (exact) mass is 192 g/mol. The summed E-state index contributed by atoms with van der Waals surface area (Å²) in [5.74, 6) is 1.20. The van der Waals surface area contributed by atoms with Crippen LogP contribution < -0.4 is 0 Å². The summed E-state index contributed by atoms with van der Waals surface area (Å²) in [7, 11) is 0. The van der Waals surface area contributed by atoms with Crippen LogP contribution in [0.1, 0.15) is 33.6 Å². The van der Waals surface area contributed by atoms with Gasteiger partial charge < -0.3 is 0 Å². The van der Waals surface area contributed by atoms with Gasteiger partial charge >= 0.3 is 0 Å². The highest BCUT2D eigenvalue weighted by molar-refractivity contribution is 5.95. The highest BCUT2D eigenvalue weighted by atomic mass is 15.0. The summed E-state index contributed by atoms with van der Waals surface area (Å²) in [6, 6.07) is 0. The predicted molar refractivity (Wildman–Crippen MR) is 63.2 cm³/mol. The largest absolute Gasteiger partial charge is 0.269 e. The van der Waals surface area contributed by atoms with Crippen LogP contribution >= 0.6 is 0 Å². The quantitative estimate of drug-likeness (QED) is 0.611. The Morgan fingerprint density at radius 3 is 2.57 bits per heavy atom. The topological polar surface area (TPSA) is 24.7 Å². The Balaban J connectivity index is 2.73. The number of amidine groups is 1. The van der Waals surface area contributed by atoms with Crippen LogP contribution in [0.3, 0.4) is 0 Å². The standard InChI is InChI=1S/C12H20N2/c1-5-10(4)11-13-8-12(6-2,7-3)9-14-11/h5,8,10H,1,6-7,9H2,2-4H3. The lowest BCUT2D eigenvalue weighted by Gasteiger charge is -2.28. The van der Waals surface area contributed by atoms with Crippen molar-refractivity contribution in [3.63, 3.8) is 0 Å². The lowest BCUT2D eigenvalue weighted by atomic mass is 9.83. The lowest BCUT2D eigenvalue weighted by molar-refractivity contribution is 0.407. The van der Waals surface area contributed by atoms with Gasteiger partial charge in [-0.3, -0.25) is 4.99 Å². The summed E-state index contributed by atoms with van der Waals surface area (Å²) < 4.78 is 0. The van der Waals surface area contributed by atoms with Gasteiger partial charge in [-0.15, -0.1) is 6.58 Å². The summed E-state index contributed by atoms with van der Waals surface area (Å²) in [5, 5.41) is 0. The zero-order valence-electron chi connectivity index (χ0n) is 9.45. The van der Waals surface area contributed by atoms with Crippen molar-refractivity contribution in [2.45, 2.75) is 33.6 Å². The first-order chi connectivity index (χ1) is 6.67. The molecule has 2 heteroatoms. The molecule has 1 aliphatic heterocycles. The lowest BCUT2D eigenvalue weighted by Crippen LogP contribution is -2.29. The van der Waals surface area contributed by atoms with Gasteiger partial charge in [0.1, 0.15) is 5.84 Å². The van der Waals surface area contributed by atoms with E-state index in [0.717, 1.165) is 25.2 Å². The third-order valence-electron chi connectivity index (χ3n) is 3.20. The first-order valence-corrected chi connectivity index (χ1v) is 5.39. The Kier molecular flexibility index (Phi) is 3.62. The van der Waals surface area contributed by atoms with Crippen molar-refractivity contribution >= 4 is 12.1 Å². The minimum absolute atomic E-state index is 0.213. The Bertz CT molecular complexity index is 259. The highest BCUT2D eigenvalue weighted by Gasteiger charge is 2.27. The van der Waals surface area contributed by atoms with Gasteiger partial charge in [0.15, 0.2) is 0 Å². The summed E-state index contributed by atoms with van der Waals surface area (Å²) in [6.07, 6.45) is 6.22. The molecule has 0 saturated heterocycles. The van der Waals surface area contributed by atoms with E-state index in [0.29, 0.717) is 0 Å². The third kappa shape index (κ3) is 2.11. The highest BCUT2D eigenvalue weighted by Crippen LogP contribution is 2.27. The molecule has 0 amide bonds. The molecule has 0 radical (unpaired) electrons. The second-order valence-electron chi connectivity index (χ2n) is 4.03. The molecule has 2 nitrogen and oxygen atoms in total. The second kappa shape index (κ2) is 4.54. The molecule has 0 aromatic rings. The van der Waals surface area contributed by atoms with Crippen molar-refractivity contribution < 1.29 is 0 Å². The molecule has 1 heterocycles. The summed E-state index contributed by atoms with van der Waals surface area (Å²) >= 11 is 0. The van der Waals surface area contributed by atoms with Gasteiger partial charge in [-0.25, -0.2) is 4.99 Å². The molecule has 78 valence electrons. The van der Waals surface area contributed by atoms with Gasteiger partial charge in [-0.2, -0.15) is 0 Å². The third-order valence-corrected chi connectivity index (χ3v) is 3.20. The molecule has 1 atom stereocenters. The molecule has 1 aliphatic rings. The molecule has 0 N–H and O–H groups in total. The van der Waals surface area contributed by atoms with Crippen molar-refractivity contribution in [3.8, 4) is 0 Å². The maximum absolute atomic E-state index is 4.54. The van der Waals surface area contributed by atoms with Gasteiger partial charge in [0, 0.05) is 17.5 Å². The molecular weight excluding hydrogens is 172 g/mol. The number of hydrogen-bond donors (Lipinski definition) is 0. The Morgan fingerprint density at radius 1 is 1.57 bits per heavy atom. The van der Waals surface area contributed by atoms with E-state index >= 15 is 0 Å². The van der Waals surface area contributed by atoms with Crippen molar-refractivity contribution in [1.29, 1.82) is 0 Å². The summed E-state index contributed by atoms with van der Waals surface area (Å²) in [6.45, 7) is 11.1. The van der Waals surface area contributed by atoms with E-state index in [-0.39, 0.29) is 11.3 Å². The van der Waals surface area contributed by atoms with Gasteiger partial charge in [0.05, 0.1) is 6.54 Å². The Hall–Kier alpha value is -0.920. The molecule has 0 saturated carbocycles. The van der Waals surface area contributed by atoms with Crippen molar-refractivity contribution in [1.82, 2.24) is 0 Å². The zero-order chi connectivity index (χ0) is 10.6. The number of nitrogens with zero attached hydrogens (tertiary/aromatic N) is 2. The summed E-state index contributed by atoms with van der Waals surface area (Å²) in [5.41, 5.74) is 0.213. The average molecular weight is 192 g/mol. The van der Waals surface area contributed by atoms with Crippen LogP contribution in [-0.4, -0.2) is 18.6 Å². The summed E-state index contributed by atoms with van der Waals surface area (Å²) in [4.78, 5) is 8.99.